The molecule has 1 amide bonds. The number of carbonyl (C=O) groups is 1. The second-order valence-electron chi connectivity index (χ2n) is 4.85. The molecule has 1 aliphatic rings. The van der Waals surface area contributed by atoms with Crippen LogP contribution in [0.1, 0.15) is 30.8 Å². The van der Waals surface area contributed by atoms with E-state index in [0.717, 1.165) is 25.3 Å². The summed E-state index contributed by atoms with van der Waals surface area (Å²) in [6.45, 7) is 6.29. The first-order chi connectivity index (χ1) is 9.20. The van der Waals surface area contributed by atoms with Crippen LogP contribution in [0.2, 0.25) is 0 Å². The molecule has 0 spiro atoms. The second kappa shape index (κ2) is 6.52. The predicted molar refractivity (Wildman–Crippen MR) is 74.3 cm³/mol. The third-order valence-corrected chi connectivity index (χ3v) is 3.40. The van der Waals surface area contributed by atoms with E-state index in [1.165, 1.54) is 0 Å². The van der Waals surface area contributed by atoms with Crippen molar-refractivity contribution in [1.82, 2.24) is 10.3 Å². The quantitative estimate of drug-likeness (QED) is 0.848. The largest absolute Gasteiger partial charge is 0.382 e. The minimum Gasteiger partial charge on any atom is -0.382 e. The fraction of sp³-hybridized carbons (Fsp3) is 0.571. The van der Waals surface area contributed by atoms with Crippen LogP contribution in [0, 0.1) is 5.92 Å². The molecular formula is C14H21N3O2. The molecule has 1 aromatic rings. The number of nitrogens with zero attached hydrogens (tertiary/aromatic N) is 1. The highest BCUT2D eigenvalue weighted by Gasteiger charge is 2.22. The number of anilines is 1. The topological polar surface area (TPSA) is 63.2 Å². The van der Waals surface area contributed by atoms with E-state index in [9.17, 15) is 4.79 Å². The molecule has 0 radical (unpaired) electrons. The molecule has 0 aliphatic carbocycles. The van der Waals surface area contributed by atoms with Crippen LogP contribution in [0.15, 0.2) is 18.3 Å². The van der Waals surface area contributed by atoms with Crippen molar-refractivity contribution in [3.63, 3.8) is 0 Å². The van der Waals surface area contributed by atoms with Crippen LogP contribution in [0.5, 0.6) is 0 Å². The number of pyridine rings is 1. The number of hydrogen-bond donors (Lipinski definition) is 2. The summed E-state index contributed by atoms with van der Waals surface area (Å²) in [6.07, 6.45) is 2.74. The number of aromatic nitrogens is 1. The number of hydrogen-bond acceptors (Lipinski definition) is 4. The fourth-order valence-corrected chi connectivity index (χ4v) is 2.22. The van der Waals surface area contributed by atoms with E-state index < -0.39 is 0 Å². The third-order valence-electron chi connectivity index (χ3n) is 3.40. The molecule has 1 aliphatic heterocycles. The van der Waals surface area contributed by atoms with Crippen LogP contribution in [0.4, 0.5) is 5.69 Å². The lowest BCUT2D eigenvalue weighted by Gasteiger charge is -2.20. The third kappa shape index (κ3) is 3.67. The fourth-order valence-electron chi connectivity index (χ4n) is 2.22. The van der Waals surface area contributed by atoms with Crippen LogP contribution in [0.3, 0.4) is 0 Å². The minimum atomic E-state index is -0.136. The van der Waals surface area contributed by atoms with E-state index in [0.29, 0.717) is 24.2 Å². The van der Waals surface area contributed by atoms with Crippen LogP contribution >= 0.6 is 0 Å². The molecule has 2 heterocycles. The smallest absolute Gasteiger partial charge is 0.269 e. The lowest BCUT2D eigenvalue weighted by molar-refractivity contribution is 0.0951. The van der Waals surface area contributed by atoms with E-state index in [-0.39, 0.29) is 5.91 Å². The number of rotatable bonds is 5. The Morgan fingerprint density at radius 1 is 1.63 bits per heavy atom. The maximum atomic E-state index is 11.7. The normalized spacial score (nSPS) is 20.0. The summed E-state index contributed by atoms with van der Waals surface area (Å²) in [7, 11) is 0. The van der Waals surface area contributed by atoms with Gasteiger partial charge in [-0.25, -0.2) is 0 Å². The van der Waals surface area contributed by atoms with Crippen LogP contribution in [-0.2, 0) is 4.74 Å². The molecule has 0 bridgehead atoms. The zero-order valence-electron chi connectivity index (χ0n) is 11.5. The van der Waals surface area contributed by atoms with Crippen molar-refractivity contribution in [2.24, 2.45) is 5.92 Å². The van der Waals surface area contributed by atoms with Crippen molar-refractivity contribution >= 4 is 11.6 Å². The summed E-state index contributed by atoms with van der Waals surface area (Å²) in [5.41, 5.74) is 1.37. The van der Waals surface area contributed by atoms with Gasteiger partial charge in [0, 0.05) is 37.0 Å². The van der Waals surface area contributed by atoms with Crippen molar-refractivity contribution in [3.05, 3.63) is 24.0 Å². The zero-order valence-corrected chi connectivity index (χ0v) is 11.5. The standard InChI is InChI=1S/C14H21N3O2/c1-3-15-14(18)13-8-12(4-6-16-13)17-10(2)11-5-7-19-9-11/h4,6,8,10-11H,3,5,7,9H2,1-2H3,(H,15,18)(H,16,17). The van der Waals surface area contributed by atoms with Crippen molar-refractivity contribution in [2.75, 3.05) is 25.1 Å². The average molecular weight is 263 g/mol. The van der Waals surface area contributed by atoms with Gasteiger partial charge >= 0.3 is 0 Å². The molecule has 5 heteroatoms. The van der Waals surface area contributed by atoms with Gasteiger partial charge in [-0.3, -0.25) is 9.78 Å². The van der Waals surface area contributed by atoms with Gasteiger partial charge in [0.2, 0.25) is 0 Å². The van der Waals surface area contributed by atoms with E-state index in [1.807, 2.05) is 13.0 Å². The molecule has 104 valence electrons. The molecule has 0 aromatic carbocycles. The Labute approximate surface area is 113 Å². The van der Waals surface area contributed by atoms with Gasteiger partial charge in [-0.05, 0) is 32.4 Å². The molecular weight excluding hydrogens is 242 g/mol. The Morgan fingerprint density at radius 2 is 2.47 bits per heavy atom. The van der Waals surface area contributed by atoms with E-state index in [1.54, 1.807) is 12.3 Å². The van der Waals surface area contributed by atoms with Crippen LogP contribution in [-0.4, -0.2) is 36.7 Å². The number of amides is 1. The molecule has 5 nitrogen and oxygen atoms in total. The Kier molecular flexibility index (Phi) is 4.74. The monoisotopic (exact) mass is 263 g/mol. The minimum absolute atomic E-state index is 0.136. The van der Waals surface area contributed by atoms with Crippen molar-refractivity contribution < 1.29 is 9.53 Å². The van der Waals surface area contributed by atoms with Gasteiger partial charge in [0.25, 0.3) is 5.91 Å². The zero-order chi connectivity index (χ0) is 13.7. The SMILES string of the molecule is CCNC(=O)c1cc(NC(C)C2CCOC2)ccn1. The predicted octanol–water partition coefficient (Wildman–Crippen LogP) is 1.67. The number of carbonyl (C=O) groups excluding carboxylic acids is 1. The summed E-state index contributed by atoms with van der Waals surface area (Å²) in [4.78, 5) is 15.8. The molecule has 0 saturated carbocycles. The van der Waals surface area contributed by atoms with E-state index >= 15 is 0 Å². The van der Waals surface area contributed by atoms with E-state index in [2.05, 4.69) is 22.5 Å². The summed E-state index contributed by atoms with van der Waals surface area (Å²) in [5.74, 6) is 0.393. The Hall–Kier alpha value is -1.62. The number of ether oxygens (including phenoxy) is 1. The summed E-state index contributed by atoms with van der Waals surface area (Å²) in [6, 6.07) is 4.00. The first-order valence-electron chi connectivity index (χ1n) is 6.79. The molecule has 2 unspecified atom stereocenters. The highest BCUT2D eigenvalue weighted by atomic mass is 16.5. The first kappa shape index (κ1) is 13.8. The molecule has 1 saturated heterocycles. The van der Waals surface area contributed by atoms with Crippen molar-refractivity contribution in [3.8, 4) is 0 Å². The molecule has 19 heavy (non-hydrogen) atoms. The first-order valence-corrected chi connectivity index (χ1v) is 6.79. The summed E-state index contributed by atoms with van der Waals surface area (Å²) < 4.78 is 5.39. The second-order valence-corrected chi connectivity index (χ2v) is 4.85. The van der Waals surface area contributed by atoms with Gasteiger partial charge in [0.15, 0.2) is 0 Å². The van der Waals surface area contributed by atoms with E-state index in [4.69, 9.17) is 4.74 Å². The van der Waals surface area contributed by atoms with Crippen molar-refractivity contribution in [2.45, 2.75) is 26.3 Å². The molecule has 2 rings (SSSR count). The highest BCUT2D eigenvalue weighted by Crippen LogP contribution is 2.20. The number of nitrogens with one attached hydrogen (secondary N) is 2. The van der Waals surface area contributed by atoms with Crippen LogP contribution < -0.4 is 10.6 Å². The van der Waals surface area contributed by atoms with Gasteiger partial charge < -0.3 is 15.4 Å². The maximum Gasteiger partial charge on any atom is 0.269 e. The lowest BCUT2D eigenvalue weighted by Crippen LogP contribution is -2.27. The Balaban J connectivity index is 2.00. The molecule has 2 atom stereocenters. The highest BCUT2D eigenvalue weighted by molar-refractivity contribution is 5.93. The van der Waals surface area contributed by atoms with Gasteiger partial charge in [0.1, 0.15) is 5.69 Å². The Morgan fingerprint density at radius 3 is 3.16 bits per heavy atom. The van der Waals surface area contributed by atoms with Gasteiger partial charge in [0.05, 0.1) is 6.61 Å². The van der Waals surface area contributed by atoms with Crippen LogP contribution in [0.25, 0.3) is 0 Å². The Bertz CT molecular complexity index is 430. The van der Waals surface area contributed by atoms with Gasteiger partial charge in [-0.1, -0.05) is 0 Å². The average Bonchev–Trinajstić information content (AvgIpc) is 2.93. The van der Waals surface area contributed by atoms with Gasteiger partial charge in [-0.15, -0.1) is 0 Å². The molecule has 1 fully saturated rings. The summed E-state index contributed by atoms with van der Waals surface area (Å²) in [5, 5.41) is 6.17. The molecule has 1 aromatic heterocycles. The van der Waals surface area contributed by atoms with Gasteiger partial charge in [-0.2, -0.15) is 0 Å². The maximum absolute atomic E-state index is 11.7. The lowest BCUT2D eigenvalue weighted by atomic mass is 10.0. The molecule has 2 N–H and O–H groups in total. The van der Waals surface area contributed by atoms with Crippen molar-refractivity contribution in [1.29, 1.82) is 0 Å². The summed E-state index contributed by atoms with van der Waals surface area (Å²) >= 11 is 0.